The zero-order chi connectivity index (χ0) is 27.9. The van der Waals surface area contributed by atoms with E-state index in [9.17, 15) is 38.7 Å². The summed E-state index contributed by atoms with van der Waals surface area (Å²) in [6.07, 6.45) is 5.03. The molecule has 1 aromatic rings. The lowest BCUT2D eigenvalue weighted by atomic mass is 10.1. The number of carboxylic acid groups (broad SMARTS) is 2. The van der Waals surface area contributed by atoms with Gasteiger partial charge in [-0.25, -0.2) is 14.5 Å². The number of amides is 4. The molecule has 1 aliphatic heterocycles. The minimum atomic E-state index is -1.47. The number of rotatable bonds is 12. The molecule has 4 amide bonds. The van der Waals surface area contributed by atoms with Crippen molar-refractivity contribution >= 4 is 35.9 Å². The van der Waals surface area contributed by atoms with Gasteiger partial charge < -0.3 is 15.3 Å². The van der Waals surface area contributed by atoms with Crippen molar-refractivity contribution in [1.82, 2.24) is 18.9 Å². The zero-order valence-electron chi connectivity index (χ0n) is 20.4. The van der Waals surface area contributed by atoms with Gasteiger partial charge in [-0.15, -0.1) is 0 Å². The van der Waals surface area contributed by atoms with E-state index in [1.165, 1.54) is 0 Å². The number of imide groups is 2. The van der Waals surface area contributed by atoms with Crippen LogP contribution in [0.5, 0.6) is 5.88 Å². The van der Waals surface area contributed by atoms with Crippen LogP contribution in [-0.4, -0.2) is 77.1 Å². The zero-order valence-corrected chi connectivity index (χ0v) is 20.4. The van der Waals surface area contributed by atoms with E-state index < -0.39 is 71.1 Å². The number of carbonyl (C=O) groups excluding carboxylic acids is 3. The molecule has 0 aliphatic carbocycles. The molecular formula is C23H28N4O10. The maximum Gasteiger partial charge on any atom is 0.334 e. The maximum atomic E-state index is 12.9. The van der Waals surface area contributed by atoms with Crippen molar-refractivity contribution in [2.75, 3.05) is 13.1 Å². The van der Waals surface area contributed by atoms with Gasteiger partial charge in [0.25, 0.3) is 17.4 Å². The fourth-order valence-corrected chi connectivity index (χ4v) is 3.52. The first-order valence-corrected chi connectivity index (χ1v) is 11.5. The molecule has 0 saturated carbocycles. The fraction of sp³-hybridized carbons (Fsp3) is 0.435. The van der Waals surface area contributed by atoms with Crippen LogP contribution >= 0.6 is 0 Å². The van der Waals surface area contributed by atoms with Crippen molar-refractivity contribution in [3.63, 3.8) is 0 Å². The van der Waals surface area contributed by atoms with Gasteiger partial charge in [0.05, 0.1) is 0 Å². The lowest BCUT2D eigenvalue weighted by Gasteiger charge is -2.32. The quantitative estimate of drug-likeness (QED) is 0.253. The lowest BCUT2D eigenvalue weighted by molar-refractivity contribution is -0.144. The van der Waals surface area contributed by atoms with Crippen LogP contribution in [0.25, 0.3) is 6.08 Å². The van der Waals surface area contributed by atoms with E-state index in [0.717, 1.165) is 27.7 Å². The summed E-state index contributed by atoms with van der Waals surface area (Å²) in [4.78, 5) is 87.1. The second-order valence-electron chi connectivity index (χ2n) is 8.13. The van der Waals surface area contributed by atoms with Crippen LogP contribution in [0.3, 0.4) is 0 Å². The molecule has 14 heteroatoms. The van der Waals surface area contributed by atoms with Gasteiger partial charge in [0.15, 0.2) is 0 Å². The molecule has 37 heavy (non-hydrogen) atoms. The van der Waals surface area contributed by atoms with Crippen molar-refractivity contribution in [3.8, 4) is 5.88 Å². The van der Waals surface area contributed by atoms with Crippen LogP contribution in [0.15, 0.2) is 27.3 Å². The average molecular weight is 520 g/mol. The van der Waals surface area contributed by atoms with Gasteiger partial charge in [-0.1, -0.05) is 32.8 Å². The number of barbiturate groups is 1. The molecule has 0 bridgehead atoms. The highest BCUT2D eigenvalue weighted by Gasteiger charge is 2.42. The Hall–Kier alpha value is -4.49. The summed E-state index contributed by atoms with van der Waals surface area (Å²) >= 11 is 0. The number of aromatic hydroxyl groups is 1. The number of hydrogen-bond acceptors (Lipinski definition) is 8. The number of aliphatic carboxylic acids is 2. The second-order valence-corrected chi connectivity index (χ2v) is 8.13. The minimum Gasteiger partial charge on any atom is -0.494 e. The number of aromatic nitrogens is 2. The summed E-state index contributed by atoms with van der Waals surface area (Å²) in [6.45, 7) is 1.64. The van der Waals surface area contributed by atoms with Crippen molar-refractivity contribution in [1.29, 1.82) is 0 Å². The van der Waals surface area contributed by atoms with E-state index in [-0.39, 0.29) is 13.1 Å². The summed E-state index contributed by atoms with van der Waals surface area (Å²) in [7, 11) is 0. The van der Waals surface area contributed by atoms with Crippen LogP contribution in [0.1, 0.15) is 45.1 Å². The number of hydrogen-bond donors (Lipinski definition) is 3. The highest BCUT2D eigenvalue weighted by atomic mass is 16.4. The first-order chi connectivity index (χ1) is 17.5. The Morgan fingerprint density at radius 2 is 1.38 bits per heavy atom. The number of carboxylic acids is 2. The molecule has 0 radical (unpaired) electrons. The highest BCUT2D eigenvalue weighted by molar-refractivity contribution is 6.29. The van der Waals surface area contributed by atoms with Crippen LogP contribution < -0.4 is 11.2 Å². The Labute approximate surface area is 210 Å². The Morgan fingerprint density at radius 3 is 1.95 bits per heavy atom. The number of nitrogens with zero attached hydrogens (tertiary/aromatic N) is 4. The molecule has 3 N–H and O–H groups in total. The van der Waals surface area contributed by atoms with Crippen molar-refractivity contribution in [3.05, 3.63) is 44.1 Å². The monoisotopic (exact) mass is 520 g/mol. The molecule has 0 unspecified atom stereocenters. The lowest BCUT2D eigenvalue weighted by Crippen LogP contribution is -2.57. The fourth-order valence-electron chi connectivity index (χ4n) is 3.52. The van der Waals surface area contributed by atoms with E-state index in [4.69, 9.17) is 10.2 Å². The molecule has 1 fully saturated rings. The predicted octanol–water partition coefficient (Wildman–Crippen LogP) is 0.215. The number of carbonyl (C=O) groups is 5. The molecule has 1 aromatic heterocycles. The average Bonchev–Trinajstić information content (AvgIpc) is 2.83. The van der Waals surface area contributed by atoms with Gasteiger partial charge in [0.1, 0.15) is 24.2 Å². The van der Waals surface area contributed by atoms with E-state index in [0.29, 0.717) is 35.2 Å². The number of unbranched alkanes of at least 4 members (excludes halogenated alkanes) is 2. The Kier molecular flexibility index (Phi) is 9.68. The van der Waals surface area contributed by atoms with E-state index in [2.05, 4.69) is 0 Å². The van der Waals surface area contributed by atoms with Crippen molar-refractivity contribution in [2.24, 2.45) is 0 Å². The molecule has 2 rings (SSSR count). The predicted molar refractivity (Wildman–Crippen MR) is 128 cm³/mol. The molecule has 14 nitrogen and oxygen atoms in total. The molecule has 0 atom stereocenters. The molecular weight excluding hydrogens is 492 g/mol. The summed E-state index contributed by atoms with van der Waals surface area (Å²) in [6, 6.07) is -1.07. The minimum absolute atomic E-state index is 0.0361. The molecule has 1 saturated heterocycles. The summed E-state index contributed by atoms with van der Waals surface area (Å²) < 4.78 is 1.28. The molecule has 0 aromatic carbocycles. The van der Waals surface area contributed by atoms with Crippen LogP contribution in [0.4, 0.5) is 4.79 Å². The van der Waals surface area contributed by atoms with E-state index >= 15 is 0 Å². The smallest absolute Gasteiger partial charge is 0.334 e. The topological polar surface area (TPSA) is 197 Å². The van der Waals surface area contributed by atoms with Gasteiger partial charge in [0, 0.05) is 13.1 Å². The third kappa shape index (κ3) is 6.39. The Morgan fingerprint density at radius 1 is 0.811 bits per heavy atom. The molecule has 200 valence electrons. The summed E-state index contributed by atoms with van der Waals surface area (Å²) in [5.41, 5.74) is -2.95. The van der Waals surface area contributed by atoms with Gasteiger partial charge in [-0.2, -0.15) is 0 Å². The Balaban J connectivity index is 2.59. The molecule has 0 spiro atoms. The maximum absolute atomic E-state index is 12.9. The van der Waals surface area contributed by atoms with Crippen LogP contribution in [0, 0.1) is 0 Å². The largest absolute Gasteiger partial charge is 0.494 e. The van der Waals surface area contributed by atoms with Gasteiger partial charge >= 0.3 is 23.7 Å². The second kappa shape index (κ2) is 12.5. The van der Waals surface area contributed by atoms with Crippen LogP contribution in [-0.2, 0) is 32.3 Å². The first kappa shape index (κ1) is 28.7. The Bertz CT molecular complexity index is 1290. The van der Waals surface area contributed by atoms with Crippen molar-refractivity contribution < 1.29 is 39.3 Å². The van der Waals surface area contributed by atoms with Gasteiger partial charge in [0.2, 0.25) is 5.88 Å². The van der Waals surface area contributed by atoms with E-state index in [1.54, 1.807) is 0 Å². The third-order valence-corrected chi connectivity index (χ3v) is 5.43. The summed E-state index contributed by atoms with van der Waals surface area (Å²) in [5.74, 6) is -5.96. The van der Waals surface area contributed by atoms with E-state index in [1.807, 2.05) is 13.8 Å². The number of allylic oxidation sites excluding steroid dienone is 2. The molecule has 2 heterocycles. The SMILES string of the molecule is CCCCN1C(=O)C(=CC=Cc2c(O)n(CC(=O)O)c(=O)n(CCCC)c2=O)C(=O)N(CC(=O)O)C1=O. The first-order valence-electron chi connectivity index (χ1n) is 11.5. The highest BCUT2D eigenvalue weighted by Crippen LogP contribution is 2.19. The molecule has 1 aliphatic rings. The van der Waals surface area contributed by atoms with Gasteiger partial charge in [-0.05, 0) is 25.0 Å². The summed E-state index contributed by atoms with van der Waals surface area (Å²) in [5, 5.41) is 28.6. The standard InChI is InChI=1S/C23H28N4O10/c1-3-5-10-24-18(32)14(20(34)26(22(24)36)12-16(28)29)8-7-9-15-19(33)25(11-6-4-2)23(37)27(21(15)35)13-17(30)31/h7-9,34H,3-6,10-13H2,1-2H3,(H,28,29)(H,30,31). The number of urea groups is 1. The third-order valence-electron chi connectivity index (χ3n) is 5.43. The van der Waals surface area contributed by atoms with Gasteiger partial charge in [-0.3, -0.25) is 38.0 Å². The van der Waals surface area contributed by atoms with Crippen molar-refractivity contribution in [2.45, 2.75) is 52.6 Å². The van der Waals surface area contributed by atoms with Crippen LogP contribution in [0.2, 0.25) is 0 Å². The normalized spacial score (nSPS) is 15.3.